The van der Waals surface area contributed by atoms with Gasteiger partial charge in [-0.15, -0.1) is 0 Å². The number of rotatable bonds is 4. The highest BCUT2D eigenvalue weighted by molar-refractivity contribution is 6.09. The summed E-state index contributed by atoms with van der Waals surface area (Å²) in [5, 5.41) is 9.52. The number of likely N-dealkylation sites (tertiary alicyclic amines) is 1. The monoisotopic (exact) mass is 379 g/mol. The Balaban J connectivity index is 1.79. The highest BCUT2D eigenvalue weighted by Crippen LogP contribution is 2.33. The van der Waals surface area contributed by atoms with Crippen LogP contribution in [-0.4, -0.2) is 33.8 Å². The van der Waals surface area contributed by atoms with Crippen molar-refractivity contribution in [1.82, 2.24) is 4.90 Å². The Morgan fingerprint density at radius 1 is 1.00 bits per heavy atom. The number of carbonyl (C=O) groups excluding carboxylic acids is 2. The molecule has 1 heterocycles. The van der Waals surface area contributed by atoms with Crippen LogP contribution in [0.3, 0.4) is 0 Å². The first-order valence-electron chi connectivity index (χ1n) is 9.43. The Bertz CT molecular complexity index is 881. The molecule has 28 heavy (non-hydrogen) atoms. The summed E-state index contributed by atoms with van der Waals surface area (Å²) in [6, 6.07) is 17.3. The second-order valence-electron chi connectivity index (χ2n) is 8.31. The molecular formula is C23H25NO4. The van der Waals surface area contributed by atoms with Gasteiger partial charge in [-0.2, -0.15) is 0 Å². The molecule has 1 aliphatic rings. The van der Waals surface area contributed by atoms with Crippen molar-refractivity contribution >= 4 is 17.8 Å². The summed E-state index contributed by atoms with van der Waals surface area (Å²) in [6.07, 6.45) is -0.650. The number of nitrogens with zero attached hydrogens (tertiary/aromatic N) is 1. The zero-order chi connectivity index (χ0) is 20.5. The topological polar surface area (TPSA) is 74.7 Å². The minimum Gasteiger partial charge on any atom is -0.465 e. The Morgan fingerprint density at radius 2 is 1.57 bits per heavy atom. The van der Waals surface area contributed by atoms with E-state index in [1.54, 1.807) is 20.8 Å². The summed E-state index contributed by atoms with van der Waals surface area (Å²) in [6.45, 7) is 5.26. The van der Waals surface area contributed by atoms with Crippen molar-refractivity contribution < 1.29 is 19.5 Å². The maximum atomic E-state index is 12.6. The predicted molar refractivity (Wildman–Crippen MR) is 107 cm³/mol. The van der Waals surface area contributed by atoms with Crippen molar-refractivity contribution in [3.8, 4) is 11.1 Å². The van der Waals surface area contributed by atoms with Gasteiger partial charge in [0.25, 0.3) is 0 Å². The first-order valence-corrected chi connectivity index (χ1v) is 9.43. The van der Waals surface area contributed by atoms with E-state index >= 15 is 0 Å². The van der Waals surface area contributed by atoms with Gasteiger partial charge in [0.15, 0.2) is 5.78 Å². The molecule has 2 atom stereocenters. The lowest BCUT2D eigenvalue weighted by atomic mass is 9.81. The van der Waals surface area contributed by atoms with Crippen LogP contribution in [-0.2, 0) is 16.0 Å². The van der Waals surface area contributed by atoms with Gasteiger partial charge in [-0.3, -0.25) is 9.59 Å². The first-order chi connectivity index (χ1) is 13.2. The van der Waals surface area contributed by atoms with Gasteiger partial charge in [0.2, 0.25) is 5.91 Å². The fraction of sp³-hybridized carbons (Fsp3) is 0.348. The van der Waals surface area contributed by atoms with E-state index in [0.29, 0.717) is 6.42 Å². The van der Waals surface area contributed by atoms with Crippen LogP contribution < -0.4 is 0 Å². The van der Waals surface area contributed by atoms with Crippen molar-refractivity contribution in [2.24, 2.45) is 11.3 Å². The van der Waals surface area contributed by atoms with E-state index < -0.39 is 29.4 Å². The molecule has 0 saturated carbocycles. The molecule has 0 radical (unpaired) electrons. The van der Waals surface area contributed by atoms with Crippen LogP contribution in [0.4, 0.5) is 4.79 Å². The van der Waals surface area contributed by atoms with E-state index in [4.69, 9.17) is 0 Å². The molecule has 2 aromatic carbocycles. The van der Waals surface area contributed by atoms with E-state index in [9.17, 15) is 19.5 Å². The molecule has 146 valence electrons. The quantitative estimate of drug-likeness (QED) is 0.799. The molecule has 1 unspecified atom stereocenters. The molecule has 1 fully saturated rings. The largest absolute Gasteiger partial charge is 0.465 e. The SMILES string of the molecule is CC(C)(C)C(=O)[C@@H]1CC(Cc2ccc(-c3ccccc3)cc2)N(C(=O)O)C1=O. The number of carboxylic acid groups (broad SMARTS) is 1. The fourth-order valence-corrected chi connectivity index (χ4v) is 3.73. The van der Waals surface area contributed by atoms with Crippen LogP contribution in [0.25, 0.3) is 11.1 Å². The average molecular weight is 379 g/mol. The lowest BCUT2D eigenvalue weighted by Gasteiger charge is -2.20. The Labute approximate surface area is 165 Å². The van der Waals surface area contributed by atoms with Gasteiger partial charge < -0.3 is 5.11 Å². The van der Waals surface area contributed by atoms with Gasteiger partial charge >= 0.3 is 6.09 Å². The summed E-state index contributed by atoms with van der Waals surface area (Å²) in [5.74, 6) is -1.69. The molecule has 0 spiro atoms. The molecule has 2 aromatic rings. The second-order valence-corrected chi connectivity index (χ2v) is 8.31. The fourth-order valence-electron chi connectivity index (χ4n) is 3.73. The first kappa shape index (κ1) is 19.8. The van der Waals surface area contributed by atoms with E-state index in [0.717, 1.165) is 21.6 Å². The summed E-state index contributed by atoms with van der Waals surface area (Å²) in [5.41, 5.74) is 2.43. The van der Waals surface area contributed by atoms with E-state index in [1.165, 1.54) is 0 Å². The second kappa shape index (κ2) is 7.58. The Hall–Kier alpha value is -2.95. The van der Waals surface area contributed by atoms with Gasteiger partial charge in [0.05, 0.1) is 5.92 Å². The molecule has 0 aliphatic carbocycles. The number of amides is 2. The Kier molecular flexibility index (Phi) is 5.36. The lowest BCUT2D eigenvalue weighted by Crippen LogP contribution is -2.41. The van der Waals surface area contributed by atoms with Crippen molar-refractivity contribution in [1.29, 1.82) is 0 Å². The van der Waals surface area contributed by atoms with Crippen LogP contribution >= 0.6 is 0 Å². The molecular weight excluding hydrogens is 354 g/mol. The van der Waals surface area contributed by atoms with Crippen molar-refractivity contribution in [3.05, 3.63) is 60.2 Å². The van der Waals surface area contributed by atoms with Crippen LogP contribution in [0.15, 0.2) is 54.6 Å². The minimum absolute atomic E-state index is 0.203. The van der Waals surface area contributed by atoms with Crippen LogP contribution in [0.5, 0.6) is 0 Å². The number of Topliss-reactive ketones (excluding diaryl/α,β-unsaturated/α-hetero) is 1. The summed E-state index contributed by atoms with van der Waals surface area (Å²) in [7, 11) is 0. The van der Waals surface area contributed by atoms with E-state index in [-0.39, 0.29) is 12.2 Å². The third kappa shape index (κ3) is 3.98. The van der Waals surface area contributed by atoms with Crippen LogP contribution in [0.2, 0.25) is 0 Å². The number of hydrogen-bond donors (Lipinski definition) is 1. The van der Waals surface area contributed by atoms with Gasteiger partial charge in [0, 0.05) is 11.5 Å². The smallest absolute Gasteiger partial charge is 0.414 e. The van der Waals surface area contributed by atoms with E-state index in [2.05, 4.69) is 0 Å². The zero-order valence-corrected chi connectivity index (χ0v) is 16.4. The van der Waals surface area contributed by atoms with Gasteiger partial charge in [0.1, 0.15) is 0 Å². The van der Waals surface area contributed by atoms with Gasteiger partial charge in [-0.1, -0.05) is 75.4 Å². The number of ketones is 1. The average Bonchev–Trinajstić information content (AvgIpc) is 2.97. The van der Waals surface area contributed by atoms with Crippen LogP contribution in [0, 0.1) is 11.3 Å². The number of imide groups is 1. The highest BCUT2D eigenvalue weighted by Gasteiger charge is 2.48. The van der Waals surface area contributed by atoms with E-state index in [1.807, 2.05) is 54.6 Å². The molecule has 1 N–H and O–H groups in total. The highest BCUT2D eigenvalue weighted by atomic mass is 16.4. The third-order valence-electron chi connectivity index (χ3n) is 5.20. The molecule has 3 rings (SSSR count). The number of benzene rings is 2. The molecule has 1 saturated heterocycles. The minimum atomic E-state index is -1.29. The molecule has 5 nitrogen and oxygen atoms in total. The molecule has 0 bridgehead atoms. The van der Waals surface area contributed by atoms with Crippen molar-refractivity contribution in [2.75, 3.05) is 0 Å². The Morgan fingerprint density at radius 3 is 2.11 bits per heavy atom. The molecule has 2 amide bonds. The predicted octanol–water partition coefficient (Wildman–Crippen LogP) is 4.41. The summed E-state index contributed by atoms with van der Waals surface area (Å²) < 4.78 is 0. The molecule has 1 aliphatic heterocycles. The standard InChI is InChI=1S/C23H25NO4/c1-23(2,3)20(25)19-14-18(24(21(19)26)22(27)28)13-15-9-11-17(12-10-15)16-7-5-4-6-8-16/h4-12,18-19H,13-14H2,1-3H3,(H,27,28)/t18?,19-/m0/s1. The van der Waals surface area contributed by atoms with Gasteiger partial charge in [-0.05, 0) is 29.5 Å². The van der Waals surface area contributed by atoms with Gasteiger partial charge in [-0.25, -0.2) is 9.69 Å². The lowest BCUT2D eigenvalue weighted by molar-refractivity contribution is -0.139. The van der Waals surface area contributed by atoms with Crippen molar-refractivity contribution in [2.45, 2.75) is 39.7 Å². The normalized spacial score (nSPS) is 19.7. The third-order valence-corrected chi connectivity index (χ3v) is 5.20. The number of hydrogen-bond acceptors (Lipinski definition) is 3. The number of carbonyl (C=O) groups is 3. The maximum Gasteiger partial charge on any atom is 0.414 e. The van der Waals surface area contributed by atoms with Crippen LogP contribution in [0.1, 0.15) is 32.8 Å². The van der Waals surface area contributed by atoms with Crippen molar-refractivity contribution in [3.63, 3.8) is 0 Å². The molecule has 5 heteroatoms. The molecule has 0 aromatic heterocycles. The maximum absolute atomic E-state index is 12.6. The summed E-state index contributed by atoms with van der Waals surface area (Å²) >= 11 is 0. The summed E-state index contributed by atoms with van der Waals surface area (Å²) in [4.78, 5) is 37.7. The zero-order valence-electron chi connectivity index (χ0n) is 16.4.